The van der Waals surface area contributed by atoms with Crippen LogP contribution in [0, 0.1) is 5.92 Å². The number of nitrogens with zero attached hydrogens (tertiary/aromatic N) is 1. The molecule has 2 N–H and O–H groups in total. The molecule has 0 heterocycles. The van der Waals surface area contributed by atoms with Gasteiger partial charge in [-0.2, -0.15) is 0 Å². The molecule has 1 unspecified atom stereocenters. The molecule has 1 fully saturated rings. The Balaban J connectivity index is 2.07. The summed E-state index contributed by atoms with van der Waals surface area (Å²) in [4.78, 5) is 14.4. The Morgan fingerprint density at radius 2 is 1.94 bits per heavy atom. The van der Waals surface area contributed by atoms with E-state index in [9.17, 15) is 4.79 Å². The first kappa shape index (κ1) is 13.1. The Morgan fingerprint density at radius 3 is 2.44 bits per heavy atom. The number of carbonyl (C=O) groups is 1. The van der Waals surface area contributed by atoms with Crippen LogP contribution in [-0.4, -0.2) is 23.4 Å². The quantitative estimate of drug-likeness (QED) is 0.866. The van der Waals surface area contributed by atoms with Gasteiger partial charge in [0.1, 0.15) is 6.04 Å². The molecule has 1 aliphatic carbocycles. The largest absolute Gasteiger partial charge is 0.338 e. The first-order valence-electron chi connectivity index (χ1n) is 6.70. The Kier molecular flexibility index (Phi) is 4.02. The first-order chi connectivity index (χ1) is 8.59. The summed E-state index contributed by atoms with van der Waals surface area (Å²) in [5.41, 5.74) is 6.97. The molecule has 0 aromatic heterocycles. The van der Waals surface area contributed by atoms with E-state index in [1.807, 2.05) is 35.2 Å². The summed E-state index contributed by atoms with van der Waals surface area (Å²) < 4.78 is 0. The van der Waals surface area contributed by atoms with Crippen molar-refractivity contribution in [3.63, 3.8) is 0 Å². The molecule has 18 heavy (non-hydrogen) atoms. The van der Waals surface area contributed by atoms with Crippen LogP contribution in [-0.2, 0) is 4.79 Å². The molecule has 0 aliphatic heterocycles. The summed E-state index contributed by atoms with van der Waals surface area (Å²) in [5, 5.41) is 0. The molecule has 1 atom stereocenters. The topological polar surface area (TPSA) is 46.3 Å². The van der Waals surface area contributed by atoms with Gasteiger partial charge in [0.15, 0.2) is 0 Å². The number of amides is 1. The van der Waals surface area contributed by atoms with E-state index in [4.69, 9.17) is 5.73 Å². The lowest BCUT2D eigenvalue weighted by atomic mass is 10.1. The van der Waals surface area contributed by atoms with E-state index in [1.54, 1.807) is 0 Å². The van der Waals surface area contributed by atoms with Crippen molar-refractivity contribution in [3.8, 4) is 0 Å². The van der Waals surface area contributed by atoms with E-state index >= 15 is 0 Å². The smallest absolute Gasteiger partial charge is 0.244 e. The molecule has 1 saturated carbocycles. The Bertz CT molecular complexity index is 398. The van der Waals surface area contributed by atoms with Crippen LogP contribution in [0.25, 0.3) is 0 Å². The summed E-state index contributed by atoms with van der Waals surface area (Å²) in [6.07, 6.45) is 2.49. The Hall–Kier alpha value is -1.35. The maximum absolute atomic E-state index is 12.4. The van der Waals surface area contributed by atoms with Gasteiger partial charge < -0.3 is 10.6 Å². The molecule has 0 spiro atoms. The van der Waals surface area contributed by atoms with E-state index in [-0.39, 0.29) is 11.9 Å². The van der Waals surface area contributed by atoms with Crippen LogP contribution in [0.4, 0.5) is 0 Å². The Morgan fingerprint density at radius 1 is 1.33 bits per heavy atom. The Labute approximate surface area is 109 Å². The average molecular weight is 246 g/mol. The second kappa shape index (κ2) is 5.53. The summed E-state index contributed by atoms with van der Waals surface area (Å²) in [7, 11) is 0. The maximum atomic E-state index is 12.4. The molecule has 98 valence electrons. The van der Waals surface area contributed by atoms with Crippen LogP contribution in [0.2, 0.25) is 0 Å². The fourth-order valence-corrected chi connectivity index (χ4v) is 2.12. The number of nitrogens with two attached hydrogens (primary N) is 1. The van der Waals surface area contributed by atoms with Crippen LogP contribution in [0.1, 0.15) is 38.3 Å². The number of carbonyl (C=O) groups excluding carboxylic acids is 1. The van der Waals surface area contributed by atoms with Crippen LogP contribution in [0.3, 0.4) is 0 Å². The van der Waals surface area contributed by atoms with Crippen LogP contribution in [0.15, 0.2) is 30.3 Å². The number of benzene rings is 1. The molecule has 3 heteroatoms. The summed E-state index contributed by atoms with van der Waals surface area (Å²) in [6.45, 7) is 4.97. The summed E-state index contributed by atoms with van der Waals surface area (Å²) in [5.74, 6) is 0.738. The molecular formula is C15H22N2O. The number of hydrogen-bond donors (Lipinski definition) is 1. The molecule has 2 rings (SSSR count). The zero-order chi connectivity index (χ0) is 13.1. The predicted octanol–water partition coefficient (Wildman–Crippen LogP) is 2.33. The van der Waals surface area contributed by atoms with Crippen molar-refractivity contribution in [2.75, 3.05) is 6.54 Å². The van der Waals surface area contributed by atoms with Crippen molar-refractivity contribution >= 4 is 5.91 Å². The van der Waals surface area contributed by atoms with Gasteiger partial charge in [0.05, 0.1) is 0 Å². The lowest BCUT2D eigenvalue weighted by molar-refractivity contribution is -0.134. The van der Waals surface area contributed by atoms with Crippen LogP contribution < -0.4 is 5.73 Å². The van der Waals surface area contributed by atoms with Crippen molar-refractivity contribution in [1.82, 2.24) is 4.90 Å². The van der Waals surface area contributed by atoms with E-state index in [0.717, 1.165) is 12.1 Å². The highest BCUT2D eigenvalue weighted by Crippen LogP contribution is 2.31. The zero-order valence-electron chi connectivity index (χ0n) is 11.2. The van der Waals surface area contributed by atoms with Crippen molar-refractivity contribution in [2.45, 2.75) is 38.8 Å². The third kappa shape index (κ3) is 3.10. The first-order valence-corrected chi connectivity index (χ1v) is 6.70. The van der Waals surface area contributed by atoms with Crippen LogP contribution >= 0.6 is 0 Å². The van der Waals surface area contributed by atoms with Crippen molar-refractivity contribution in [1.29, 1.82) is 0 Å². The lowest BCUT2D eigenvalue weighted by Crippen LogP contribution is -2.43. The third-order valence-electron chi connectivity index (χ3n) is 3.48. The molecule has 0 radical (unpaired) electrons. The number of hydrogen-bond acceptors (Lipinski definition) is 2. The van der Waals surface area contributed by atoms with Gasteiger partial charge in [-0.05, 0) is 38.2 Å². The molecule has 1 aliphatic rings. The molecule has 1 aromatic carbocycles. The highest BCUT2D eigenvalue weighted by Gasteiger charge is 2.30. The monoisotopic (exact) mass is 246 g/mol. The minimum Gasteiger partial charge on any atom is -0.338 e. The minimum atomic E-state index is -0.535. The van der Waals surface area contributed by atoms with Gasteiger partial charge in [0, 0.05) is 12.6 Å². The fourth-order valence-electron chi connectivity index (χ4n) is 2.12. The normalized spacial score (nSPS) is 16.7. The van der Waals surface area contributed by atoms with Crippen molar-refractivity contribution in [2.24, 2.45) is 11.7 Å². The zero-order valence-corrected chi connectivity index (χ0v) is 11.2. The molecular weight excluding hydrogens is 224 g/mol. The van der Waals surface area contributed by atoms with Gasteiger partial charge in [0.25, 0.3) is 0 Å². The molecule has 1 amide bonds. The fraction of sp³-hybridized carbons (Fsp3) is 0.533. The van der Waals surface area contributed by atoms with Gasteiger partial charge in [-0.1, -0.05) is 30.3 Å². The lowest BCUT2D eigenvalue weighted by Gasteiger charge is -2.29. The van der Waals surface area contributed by atoms with Crippen molar-refractivity contribution < 1.29 is 4.79 Å². The molecule has 0 saturated heterocycles. The standard InChI is InChI=1S/C15H22N2O/c1-11(2)17(10-12-8-9-12)15(18)14(16)13-6-4-3-5-7-13/h3-7,11-12,14H,8-10,16H2,1-2H3. The van der Waals surface area contributed by atoms with E-state index < -0.39 is 6.04 Å². The van der Waals surface area contributed by atoms with Gasteiger partial charge in [0.2, 0.25) is 5.91 Å². The predicted molar refractivity (Wildman–Crippen MR) is 72.9 cm³/mol. The maximum Gasteiger partial charge on any atom is 0.244 e. The number of rotatable bonds is 5. The SMILES string of the molecule is CC(C)N(CC1CC1)C(=O)C(N)c1ccccc1. The summed E-state index contributed by atoms with van der Waals surface area (Å²) in [6, 6.07) is 9.29. The van der Waals surface area contributed by atoms with Gasteiger partial charge in [-0.15, -0.1) is 0 Å². The van der Waals surface area contributed by atoms with E-state index in [2.05, 4.69) is 13.8 Å². The molecule has 3 nitrogen and oxygen atoms in total. The van der Waals surface area contributed by atoms with E-state index in [0.29, 0.717) is 5.92 Å². The minimum absolute atomic E-state index is 0.0445. The van der Waals surface area contributed by atoms with Gasteiger partial charge >= 0.3 is 0 Å². The summed E-state index contributed by atoms with van der Waals surface area (Å²) >= 11 is 0. The van der Waals surface area contributed by atoms with E-state index in [1.165, 1.54) is 12.8 Å². The highest BCUT2D eigenvalue weighted by atomic mass is 16.2. The van der Waals surface area contributed by atoms with Crippen molar-refractivity contribution in [3.05, 3.63) is 35.9 Å². The molecule has 0 bridgehead atoms. The molecule has 1 aromatic rings. The van der Waals surface area contributed by atoms with Gasteiger partial charge in [-0.3, -0.25) is 4.79 Å². The van der Waals surface area contributed by atoms with Gasteiger partial charge in [-0.25, -0.2) is 0 Å². The highest BCUT2D eigenvalue weighted by molar-refractivity contribution is 5.83. The average Bonchev–Trinajstić information content (AvgIpc) is 3.19. The second-order valence-corrected chi connectivity index (χ2v) is 5.42. The third-order valence-corrected chi connectivity index (χ3v) is 3.48. The second-order valence-electron chi connectivity index (χ2n) is 5.42. The van der Waals surface area contributed by atoms with Crippen LogP contribution in [0.5, 0.6) is 0 Å².